The largest absolute Gasteiger partial charge is 0.353 e. The molecule has 0 aliphatic carbocycles. The van der Waals surface area contributed by atoms with E-state index in [4.69, 9.17) is 4.99 Å². The van der Waals surface area contributed by atoms with Crippen LogP contribution in [-0.2, 0) is 4.79 Å². The number of nitrogens with zero attached hydrogens (tertiary/aromatic N) is 5. The van der Waals surface area contributed by atoms with Gasteiger partial charge in [0.1, 0.15) is 23.3 Å². The number of aliphatic imine (C=N–C) groups is 1. The minimum atomic E-state index is -0.321. The second kappa shape index (κ2) is 9.59. The summed E-state index contributed by atoms with van der Waals surface area (Å²) in [6.45, 7) is 3.17. The fraction of sp³-hybridized carbons (Fsp3) is 0.269. The Morgan fingerprint density at radius 1 is 0.882 bits per heavy atom. The average Bonchev–Trinajstić information content (AvgIpc) is 3.29. The summed E-state index contributed by atoms with van der Waals surface area (Å²) in [5.41, 5.74) is 1.65. The van der Waals surface area contributed by atoms with Crippen LogP contribution in [0.25, 0.3) is 0 Å². The molecule has 1 atom stereocenters. The highest BCUT2D eigenvalue weighted by Gasteiger charge is 2.31. The maximum atomic E-state index is 13.5. The Morgan fingerprint density at radius 2 is 1.56 bits per heavy atom. The normalized spacial score (nSPS) is 18.2. The average molecular weight is 462 g/mol. The van der Waals surface area contributed by atoms with Crippen molar-refractivity contribution in [3.63, 3.8) is 0 Å². The third-order valence-electron chi connectivity index (χ3n) is 6.28. The van der Waals surface area contributed by atoms with Gasteiger partial charge in [-0.1, -0.05) is 18.2 Å². The monoisotopic (exact) mass is 461 g/mol. The highest BCUT2D eigenvalue weighted by Crippen LogP contribution is 2.30. The molecule has 1 aromatic heterocycles. The first kappa shape index (κ1) is 22.0. The molecule has 34 heavy (non-hydrogen) atoms. The Bertz CT molecular complexity index is 1160. The van der Waals surface area contributed by atoms with E-state index in [1.807, 2.05) is 28.0 Å². The van der Waals surface area contributed by atoms with Crippen LogP contribution in [-0.4, -0.2) is 54.4 Å². The number of amidine groups is 1. The molecule has 3 aromatic rings. The van der Waals surface area contributed by atoms with Crippen LogP contribution in [0.3, 0.4) is 0 Å². The Labute approximate surface area is 197 Å². The fourth-order valence-electron chi connectivity index (χ4n) is 4.42. The second-order valence-electron chi connectivity index (χ2n) is 8.43. The second-order valence-corrected chi connectivity index (χ2v) is 8.43. The van der Waals surface area contributed by atoms with E-state index in [0.717, 1.165) is 30.2 Å². The van der Waals surface area contributed by atoms with Crippen molar-refractivity contribution >= 4 is 23.2 Å². The van der Waals surface area contributed by atoms with Gasteiger partial charge >= 0.3 is 0 Å². The van der Waals surface area contributed by atoms with E-state index < -0.39 is 0 Å². The van der Waals surface area contributed by atoms with Gasteiger partial charge in [0.25, 0.3) is 0 Å². The molecular weight excluding hydrogens is 436 g/mol. The number of anilines is 2. The van der Waals surface area contributed by atoms with Gasteiger partial charge in [-0.25, -0.2) is 13.8 Å². The van der Waals surface area contributed by atoms with Crippen LogP contribution >= 0.6 is 0 Å². The van der Waals surface area contributed by atoms with Gasteiger partial charge in [0.15, 0.2) is 0 Å². The van der Waals surface area contributed by atoms with Crippen LogP contribution in [0.5, 0.6) is 0 Å². The first-order chi connectivity index (χ1) is 16.6. The van der Waals surface area contributed by atoms with Gasteiger partial charge in [0, 0.05) is 38.1 Å². The molecule has 174 valence electrons. The number of carbonyl (C=O) groups is 1. The predicted molar refractivity (Wildman–Crippen MR) is 128 cm³/mol. The molecule has 6 nitrogen and oxygen atoms in total. The molecule has 0 spiro atoms. The lowest BCUT2D eigenvalue weighted by atomic mass is 10.1. The topological polar surface area (TPSA) is 52.0 Å². The van der Waals surface area contributed by atoms with Crippen molar-refractivity contribution in [3.05, 3.63) is 90.1 Å². The molecule has 1 fully saturated rings. The zero-order chi connectivity index (χ0) is 23.5. The Balaban J connectivity index is 1.30. The van der Waals surface area contributed by atoms with E-state index in [2.05, 4.69) is 9.88 Å². The van der Waals surface area contributed by atoms with Gasteiger partial charge in [-0.2, -0.15) is 0 Å². The molecule has 3 heterocycles. The van der Waals surface area contributed by atoms with E-state index >= 15 is 0 Å². The van der Waals surface area contributed by atoms with E-state index in [0.29, 0.717) is 25.5 Å². The quantitative estimate of drug-likeness (QED) is 0.575. The van der Waals surface area contributed by atoms with Crippen LogP contribution in [0.4, 0.5) is 20.3 Å². The van der Waals surface area contributed by atoms with E-state index in [-0.39, 0.29) is 30.0 Å². The maximum absolute atomic E-state index is 13.5. The number of hydrogen-bond donors (Lipinski definition) is 0. The third kappa shape index (κ3) is 4.76. The summed E-state index contributed by atoms with van der Waals surface area (Å²) in [5.74, 6) is 0.934. The molecule has 2 aliphatic heterocycles. The van der Waals surface area contributed by atoms with Crippen molar-refractivity contribution in [1.82, 2.24) is 9.88 Å². The van der Waals surface area contributed by atoms with Crippen molar-refractivity contribution < 1.29 is 13.6 Å². The minimum Gasteiger partial charge on any atom is -0.353 e. The van der Waals surface area contributed by atoms with Crippen LogP contribution in [0.1, 0.15) is 18.0 Å². The third-order valence-corrected chi connectivity index (χ3v) is 6.28. The molecule has 0 saturated carbocycles. The number of piperazine rings is 1. The van der Waals surface area contributed by atoms with Crippen LogP contribution in [0.2, 0.25) is 0 Å². The molecule has 5 rings (SSSR count). The predicted octanol–water partition coefficient (Wildman–Crippen LogP) is 4.06. The van der Waals surface area contributed by atoms with E-state index in [1.54, 1.807) is 30.5 Å². The number of amides is 1. The molecule has 1 saturated heterocycles. The Hall–Kier alpha value is -3.81. The molecule has 0 N–H and O–H groups in total. The zero-order valence-electron chi connectivity index (χ0n) is 18.6. The summed E-state index contributed by atoms with van der Waals surface area (Å²) in [6.07, 6.45) is 1.92. The summed E-state index contributed by atoms with van der Waals surface area (Å²) in [4.78, 5) is 28.4. The maximum Gasteiger partial charge on any atom is 0.230 e. The number of halogens is 2. The number of rotatable bonds is 5. The summed E-state index contributed by atoms with van der Waals surface area (Å²) < 4.78 is 26.9. The lowest BCUT2D eigenvalue weighted by Crippen LogP contribution is -2.49. The standard InChI is InChI=1S/C26H25F2N5O/c27-20-6-4-19(5-7-20)23-18-33(22-10-8-21(28)9-11-22)25(30-23)17-26(34)32-15-13-31(14-16-32)24-3-1-2-12-29-24/h1-12,23H,13-18H2. The molecule has 2 aromatic carbocycles. The number of pyridine rings is 1. The molecule has 0 bridgehead atoms. The summed E-state index contributed by atoms with van der Waals surface area (Å²) in [6, 6.07) is 18.0. The first-order valence-electron chi connectivity index (χ1n) is 11.4. The van der Waals surface area contributed by atoms with Crippen molar-refractivity contribution in [1.29, 1.82) is 0 Å². The van der Waals surface area contributed by atoms with Crippen molar-refractivity contribution in [2.24, 2.45) is 4.99 Å². The van der Waals surface area contributed by atoms with Crippen molar-refractivity contribution in [3.8, 4) is 0 Å². The number of benzene rings is 2. The number of hydrogen-bond acceptors (Lipinski definition) is 5. The molecule has 8 heteroatoms. The van der Waals surface area contributed by atoms with Crippen LogP contribution in [0.15, 0.2) is 77.9 Å². The Kier molecular flexibility index (Phi) is 6.20. The van der Waals surface area contributed by atoms with Gasteiger partial charge in [-0.3, -0.25) is 9.79 Å². The van der Waals surface area contributed by atoms with Crippen LogP contribution < -0.4 is 9.80 Å². The van der Waals surface area contributed by atoms with Gasteiger partial charge in [0.05, 0.1) is 19.0 Å². The van der Waals surface area contributed by atoms with Crippen LogP contribution in [0, 0.1) is 11.6 Å². The molecular formula is C26H25F2N5O. The lowest BCUT2D eigenvalue weighted by molar-refractivity contribution is -0.130. The minimum absolute atomic E-state index is 0.00582. The highest BCUT2D eigenvalue weighted by atomic mass is 19.1. The molecule has 1 amide bonds. The van der Waals surface area contributed by atoms with Gasteiger partial charge in [0.2, 0.25) is 5.91 Å². The number of aromatic nitrogens is 1. The molecule has 1 unspecified atom stereocenters. The molecule has 0 radical (unpaired) electrons. The summed E-state index contributed by atoms with van der Waals surface area (Å²) >= 11 is 0. The van der Waals surface area contributed by atoms with E-state index in [9.17, 15) is 13.6 Å². The first-order valence-corrected chi connectivity index (χ1v) is 11.4. The highest BCUT2D eigenvalue weighted by molar-refractivity contribution is 6.09. The van der Waals surface area contributed by atoms with Crippen molar-refractivity contribution in [2.45, 2.75) is 12.5 Å². The van der Waals surface area contributed by atoms with Gasteiger partial charge in [-0.05, 0) is 54.1 Å². The van der Waals surface area contributed by atoms with Gasteiger partial charge in [-0.15, -0.1) is 0 Å². The fourth-order valence-corrected chi connectivity index (χ4v) is 4.42. The number of carbonyl (C=O) groups excluding carboxylic acids is 1. The summed E-state index contributed by atoms with van der Waals surface area (Å²) in [7, 11) is 0. The Morgan fingerprint density at radius 3 is 2.21 bits per heavy atom. The molecule has 2 aliphatic rings. The SMILES string of the molecule is O=C(CC1=NC(c2ccc(F)cc2)CN1c1ccc(F)cc1)N1CCN(c2ccccn2)CC1. The zero-order valence-corrected chi connectivity index (χ0v) is 18.6. The van der Waals surface area contributed by atoms with Crippen molar-refractivity contribution in [2.75, 3.05) is 42.5 Å². The lowest BCUT2D eigenvalue weighted by Gasteiger charge is -2.35. The smallest absolute Gasteiger partial charge is 0.230 e. The summed E-state index contributed by atoms with van der Waals surface area (Å²) in [5, 5.41) is 0. The van der Waals surface area contributed by atoms with E-state index in [1.165, 1.54) is 24.3 Å². The van der Waals surface area contributed by atoms with Gasteiger partial charge < -0.3 is 14.7 Å².